The number of aromatic amines is 1. The van der Waals surface area contributed by atoms with Crippen molar-refractivity contribution in [1.29, 1.82) is 0 Å². The Kier molecular flexibility index (Phi) is 9.72. The second-order valence-electron chi connectivity index (χ2n) is 10.1. The molecule has 0 atom stereocenters. The smallest absolute Gasteiger partial charge is 0.341 e. The second-order valence-corrected chi connectivity index (χ2v) is 10.1. The number of hydrogen-bond acceptors (Lipinski definition) is 9. The third-order valence-corrected chi connectivity index (χ3v) is 5.35. The SMILES string of the molecule is CC1(C)CO1.CCOC(=O)c1c[nH]n2ccc(=O)cc12.CCOC(=O)c1cnn2ccc(OCC(C)(C)O)cc12. The number of nitrogens with zero attached hydrogens (tertiary/aromatic N) is 3. The lowest BCUT2D eigenvalue weighted by Gasteiger charge is -2.17. The van der Waals surface area contributed by atoms with Gasteiger partial charge in [0, 0.05) is 36.8 Å². The Balaban J connectivity index is 0.000000192. The lowest BCUT2D eigenvalue weighted by atomic mass is 10.2. The molecule has 40 heavy (non-hydrogen) atoms. The van der Waals surface area contributed by atoms with Crippen molar-refractivity contribution < 1.29 is 33.6 Å². The third kappa shape index (κ3) is 8.68. The molecule has 1 fully saturated rings. The van der Waals surface area contributed by atoms with Crippen LogP contribution >= 0.6 is 0 Å². The Morgan fingerprint density at radius 3 is 2.27 bits per heavy atom. The molecule has 0 bridgehead atoms. The van der Waals surface area contributed by atoms with Crippen molar-refractivity contribution in [3.63, 3.8) is 0 Å². The van der Waals surface area contributed by atoms with Crippen molar-refractivity contribution >= 4 is 23.0 Å². The summed E-state index contributed by atoms with van der Waals surface area (Å²) in [5, 5.41) is 16.6. The van der Waals surface area contributed by atoms with E-state index < -0.39 is 17.5 Å². The first-order valence-electron chi connectivity index (χ1n) is 12.8. The average molecular weight is 557 g/mol. The largest absolute Gasteiger partial charge is 0.490 e. The van der Waals surface area contributed by atoms with E-state index in [1.54, 1.807) is 61.3 Å². The van der Waals surface area contributed by atoms with Gasteiger partial charge in [0.2, 0.25) is 0 Å². The minimum atomic E-state index is -0.920. The molecule has 0 saturated carbocycles. The molecule has 0 aromatic carbocycles. The van der Waals surface area contributed by atoms with Crippen LogP contribution in [0.1, 0.15) is 62.3 Å². The number of rotatable bonds is 7. The highest BCUT2D eigenvalue weighted by Crippen LogP contribution is 2.23. The summed E-state index contributed by atoms with van der Waals surface area (Å²) in [6.45, 7) is 12.7. The van der Waals surface area contributed by atoms with Gasteiger partial charge < -0.3 is 29.2 Å². The quantitative estimate of drug-likeness (QED) is 0.258. The lowest BCUT2D eigenvalue weighted by molar-refractivity contribution is 0.0284. The molecule has 0 spiro atoms. The Bertz CT molecular complexity index is 1500. The fourth-order valence-corrected chi connectivity index (χ4v) is 3.20. The molecule has 5 heterocycles. The van der Waals surface area contributed by atoms with Crippen LogP contribution in [0.2, 0.25) is 0 Å². The summed E-state index contributed by atoms with van der Waals surface area (Å²) in [7, 11) is 0. The molecule has 5 rings (SSSR count). The number of aliphatic hydroxyl groups is 1. The number of aromatic nitrogens is 4. The van der Waals surface area contributed by atoms with Gasteiger partial charge in [-0.1, -0.05) is 0 Å². The average Bonchev–Trinajstić information content (AvgIpc) is 3.27. The van der Waals surface area contributed by atoms with Crippen LogP contribution in [-0.2, 0) is 14.2 Å². The number of H-pyrrole nitrogens is 1. The van der Waals surface area contributed by atoms with Gasteiger partial charge in [0.1, 0.15) is 23.5 Å². The van der Waals surface area contributed by atoms with Crippen LogP contribution in [0.3, 0.4) is 0 Å². The van der Waals surface area contributed by atoms with Gasteiger partial charge in [-0.05, 0) is 47.6 Å². The van der Waals surface area contributed by atoms with Crippen molar-refractivity contribution in [2.45, 2.75) is 52.7 Å². The molecule has 0 amide bonds. The standard InChI is InChI=1S/C14H18N2O4.C10H10N2O3.C4H8O/c1-4-19-13(17)11-8-15-16-6-5-10(7-12(11)16)20-9-14(2,3)18;1-2-15-10(14)8-6-11-12-4-3-7(13)5-9(8)12;1-4(2)3-5-4/h5-8,18H,4,9H2,1-3H3;3-6,11H,2H2,1H3;3H2,1-2H3. The molecule has 1 saturated heterocycles. The molecule has 1 aliphatic heterocycles. The van der Waals surface area contributed by atoms with Gasteiger partial charge in [0.25, 0.3) is 0 Å². The Morgan fingerprint density at radius 1 is 1.07 bits per heavy atom. The summed E-state index contributed by atoms with van der Waals surface area (Å²) in [6, 6.07) is 6.23. The minimum Gasteiger partial charge on any atom is -0.490 e. The number of fused-ring (bicyclic) bond motifs is 2. The molecule has 0 aliphatic carbocycles. The van der Waals surface area contributed by atoms with Crippen LogP contribution in [0.5, 0.6) is 5.75 Å². The van der Waals surface area contributed by atoms with Gasteiger partial charge >= 0.3 is 11.9 Å². The second kappa shape index (κ2) is 12.8. The highest BCUT2D eigenvalue weighted by atomic mass is 16.6. The molecular formula is C28H36N4O8. The molecule has 0 radical (unpaired) electrons. The number of hydrogen-bond donors (Lipinski definition) is 2. The first kappa shape index (κ1) is 30.4. The van der Waals surface area contributed by atoms with Crippen LogP contribution < -0.4 is 10.2 Å². The topological polar surface area (TPSA) is 149 Å². The van der Waals surface area contributed by atoms with Crippen molar-refractivity contribution in [1.82, 2.24) is 19.2 Å². The molecule has 2 N–H and O–H groups in total. The van der Waals surface area contributed by atoms with Crippen LogP contribution in [0.4, 0.5) is 0 Å². The zero-order valence-electron chi connectivity index (χ0n) is 23.6. The first-order valence-corrected chi connectivity index (χ1v) is 12.8. The van der Waals surface area contributed by atoms with E-state index in [0.29, 0.717) is 41.1 Å². The molecule has 4 aromatic rings. The maximum absolute atomic E-state index is 11.8. The molecule has 1 aliphatic rings. The number of ether oxygens (including phenoxy) is 4. The van der Waals surface area contributed by atoms with Gasteiger partial charge in [-0.15, -0.1) is 0 Å². The summed E-state index contributed by atoms with van der Waals surface area (Å²) >= 11 is 0. The van der Waals surface area contributed by atoms with Gasteiger partial charge in [-0.3, -0.25) is 9.31 Å². The number of epoxide rings is 1. The number of carbonyl (C=O) groups is 2. The Hall–Kier alpha value is -4.16. The predicted octanol–water partition coefficient (Wildman–Crippen LogP) is 3.26. The maximum atomic E-state index is 11.8. The van der Waals surface area contributed by atoms with Crippen LogP contribution in [0.15, 0.2) is 53.8 Å². The van der Waals surface area contributed by atoms with E-state index in [1.807, 2.05) is 0 Å². The van der Waals surface area contributed by atoms with Gasteiger partial charge in [0.15, 0.2) is 5.43 Å². The summed E-state index contributed by atoms with van der Waals surface area (Å²) < 4.78 is 23.4. The number of nitrogens with one attached hydrogen (secondary N) is 1. The predicted molar refractivity (Wildman–Crippen MR) is 147 cm³/mol. The normalized spacial score (nSPS) is 13.5. The summed E-state index contributed by atoms with van der Waals surface area (Å²) in [5.74, 6) is -0.283. The van der Waals surface area contributed by atoms with Crippen molar-refractivity contribution in [3.8, 4) is 5.75 Å². The van der Waals surface area contributed by atoms with Gasteiger partial charge in [0.05, 0.1) is 48.3 Å². The van der Waals surface area contributed by atoms with Gasteiger partial charge in [-0.2, -0.15) is 5.10 Å². The summed E-state index contributed by atoms with van der Waals surface area (Å²) in [4.78, 5) is 34.4. The highest BCUT2D eigenvalue weighted by molar-refractivity contribution is 5.97. The van der Waals surface area contributed by atoms with Crippen molar-refractivity contribution in [2.75, 3.05) is 26.4 Å². The molecule has 12 heteroatoms. The van der Waals surface area contributed by atoms with Gasteiger partial charge in [-0.25, -0.2) is 14.1 Å². The monoisotopic (exact) mass is 556 g/mol. The molecule has 0 unspecified atom stereocenters. The zero-order chi connectivity index (χ0) is 29.5. The summed E-state index contributed by atoms with van der Waals surface area (Å²) in [5.41, 5.74) is 1.09. The minimum absolute atomic E-state index is 0.139. The fraction of sp³-hybridized carbons (Fsp3) is 0.429. The Labute approximate surface area is 231 Å². The first-order chi connectivity index (χ1) is 18.8. The zero-order valence-corrected chi connectivity index (χ0v) is 23.6. The number of esters is 2. The molecule has 12 nitrogen and oxygen atoms in total. The molecular weight excluding hydrogens is 520 g/mol. The van der Waals surface area contributed by atoms with E-state index in [-0.39, 0.29) is 17.6 Å². The van der Waals surface area contributed by atoms with Crippen molar-refractivity contribution in [3.05, 3.63) is 70.4 Å². The number of carbonyl (C=O) groups excluding carboxylic acids is 2. The molecule has 216 valence electrons. The van der Waals surface area contributed by atoms with E-state index in [4.69, 9.17) is 18.9 Å². The van der Waals surface area contributed by atoms with E-state index in [1.165, 1.54) is 24.5 Å². The van der Waals surface area contributed by atoms with Crippen LogP contribution in [0, 0.1) is 0 Å². The van der Waals surface area contributed by atoms with Crippen LogP contribution in [-0.4, -0.2) is 73.9 Å². The van der Waals surface area contributed by atoms with Crippen molar-refractivity contribution in [2.24, 2.45) is 0 Å². The summed E-state index contributed by atoms with van der Waals surface area (Å²) in [6.07, 6.45) is 6.25. The third-order valence-electron chi connectivity index (χ3n) is 5.35. The van der Waals surface area contributed by atoms with E-state index in [2.05, 4.69) is 24.0 Å². The highest BCUT2D eigenvalue weighted by Gasteiger charge is 2.32. The number of pyridine rings is 2. The van der Waals surface area contributed by atoms with E-state index in [9.17, 15) is 19.5 Å². The van der Waals surface area contributed by atoms with E-state index in [0.717, 1.165) is 6.61 Å². The maximum Gasteiger partial charge on any atom is 0.341 e. The fourth-order valence-electron chi connectivity index (χ4n) is 3.20. The van der Waals surface area contributed by atoms with E-state index >= 15 is 0 Å². The Morgan fingerprint density at radius 2 is 1.70 bits per heavy atom. The lowest BCUT2D eigenvalue weighted by Crippen LogP contribution is -2.27. The van der Waals surface area contributed by atoms with Crippen LogP contribution in [0.25, 0.3) is 11.0 Å². The molecule has 4 aromatic heterocycles.